The molecule has 1 aliphatic heterocycles. The van der Waals surface area contributed by atoms with Gasteiger partial charge in [0.2, 0.25) is 5.95 Å². The third-order valence-corrected chi connectivity index (χ3v) is 5.47. The molecule has 1 aliphatic carbocycles. The van der Waals surface area contributed by atoms with Crippen molar-refractivity contribution in [1.29, 1.82) is 0 Å². The van der Waals surface area contributed by atoms with Gasteiger partial charge in [0.15, 0.2) is 0 Å². The largest absolute Gasteiger partial charge is 0.378 e. The van der Waals surface area contributed by atoms with Crippen molar-refractivity contribution in [3.05, 3.63) is 29.8 Å². The minimum Gasteiger partial charge on any atom is -0.378 e. The first-order chi connectivity index (χ1) is 12.8. The normalized spacial score (nSPS) is 17.5. The summed E-state index contributed by atoms with van der Waals surface area (Å²) in [4.78, 5) is 16.1. The number of nitrogens with one attached hydrogen (secondary N) is 2. The van der Waals surface area contributed by atoms with Crippen molar-refractivity contribution >= 4 is 44.8 Å². The SMILES string of the molecule is c1cc2nc(Nc3ccc(N4CCOCC4)nc3)nc(NC3CC3)c2s1. The van der Waals surface area contributed by atoms with Crippen LogP contribution in [0.3, 0.4) is 0 Å². The Balaban J connectivity index is 1.36. The van der Waals surface area contributed by atoms with Crippen LogP contribution in [0.1, 0.15) is 12.8 Å². The molecule has 0 spiro atoms. The zero-order chi connectivity index (χ0) is 17.3. The molecule has 134 valence electrons. The Hall–Kier alpha value is -2.45. The lowest BCUT2D eigenvalue weighted by molar-refractivity contribution is 0.122. The van der Waals surface area contributed by atoms with Crippen LogP contribution in [0.25, 0.3) is 10.2 Å². The van der Waals surface area contributed by atoms with Crippen molar-refractivity contribution in [2.45, 2.75) is 18.9 Å². The monoisotopic (exact) mass is 368 g/mol. The van der Waals surface area contributed by atoms with E-state index in [9.17, 15) is 0 Å². The molecule has 5 rings (SSSR count). The van der Waals surface area contributed by atoms with Crippen molar-refractivity contribution in [1.82, 2.24) is 15.0 Å². The molecule has 1 saturated heterocycles. The van der Waals surface area contributed by atoms with Gasteiger partial charge in [-0.2, -0.15) is 4.98 Å². The second-order valence-corrected chi connectivity index (χ2v) is 7.50. The molecule has 3 aromatic rings. The van der Waals surface area contributed by atoms with Crippen LogP contribution >= 0.6 is 11.3 Å². The number of pyridine rings is 1. The summed E-state index contributed by atoms with van der Waals surface area (Å²) in [5.41, 5.74) is 1.85. The fourth-order valence-corrected chi connectivity index (χ4v) is 3.79. The maximum Gasteiger partial charge on any atom is 0.229 e. The van der Waals surface area contributed by atoms with E-state index < -0.39 is 0 Å². The lowest BCUT2D eigenvalue weighted by Crippen LogP contribution is -2.36. The number of aromatic nitrogens is 3. The number of ether oxygens (including phenoxy) is 1. The molecule has 2 N–H and O–H groups in total. The first-order valence-corrected chi connectivity index (χ1v) is 9.81. The molecule has 0 radical (unpaired) electrons. The topological polar surface area (TPSA) is 75.2 Å². The maximum absolute atomic E-state index is 5.39. The molecule has 0 unspecified atom stereocenters. The van der Waals surface area contributed by atoms with E-state index in [1.165, 1.54) is 12.8 Å². The van der Waals surface area contributed by atoms with Crippen LogP contribution in [-0.4, -0.2) is 47.3 Å². The van der Waals surface area contributed by atoms with Crippen molar-refractivity contribution < 1.29 is 4.74 Å². The van der Waals surface area contributed by atoms with Gasteiger partial charge in [-0.05, 0) is 36.4 Å². The molecule has 8 heteroatoms. The Kier molecular flexibility index (Phi) is 4.06. The zero-order valence-electron chi connectivity index (χ0n) is 14.3. The van der Waals surface area contributed by atoms with E-state index in [0.717, 1.165) is 53.8 Å². The summed E-state index contributed by atoms with van der Waals surface area (Å²) in [5, 5.41) is 8.85. The number of thiophene rings is 1. The highest BCUT2D eigenvalue weighted by Crippen LogP contribution is 2.32. The fraction of sp³-hybridized carbons (Fsp3) is 0.389. The van der Waals surface area contributed by atoms with Gasteiger partial charge in [0.1, 0.15) is 11.6 Å². The van der Waals surface area contributed by atoms with Gasteiger partial charge in [0.25, 0.3) is 0 Å². The molecule has 1 saturated carbocycles. The third-order valence-electron chi connectivity index (χ3n) is 4.56. The maximum atomic E-state index is 5.39. The van der Waals surface area contributed by atoms with Gasteiger partial charge >= 0.3 is 0 Å². The van der Waals surface area contributed by atoms with Crippen LogP contribution in [0, 0.1) is 0 Å². The molecule has 0 aromatic carbocycles. The lowest BCUT2D eigenvalue weighted by Gasteiger charge is -2.27. The Labute approximate surface area is 155 Å². The van der Waals surface area contributed by atoms with E-state index >= 15 is 0 Å². The molecule has 0 bridgehead atoms. The second kappa shape index (κ2) is 6.69. The van der Waals surface area contributed by atoms with Gasteiger partial charge in [-0.15, -0.1) is 11.3 Å². The molecule has 4 heterocycles. The molecule has 2 aliphatic rings. The summed E-state index contributed by atoms with van der Waals surface area (Å²) in [6.07, 6.45) is 4.26. The fourth-order valence-electron chi connectivity index (χ4n) is 3.01. The van der Waals surface area contributed by atoms with Gasteiger partial charge in [-0.25, -0.2) is 9.97 Å². The van der Waals surface area contributed by atoms with Crippen LogP contribution in [-0.2, 0) is 4.74 Å². The number of hydrogen-bond acceptors (Lipinski definition) is 8. The van der Waals surface area contributed by atoms with Gasteiger partial charge in [0.05, 0.1) is 35.3 Å². The average Bonchev–Trinajstić information content (AvgIpc) is 3.37. The molecule has 0 amide bonds. The molecule has 2 fully saturated rings. The first kappa shape index (κ1) is 15.8. The quantitative estimate of drug-likeness (QED) is 0.716. The highest BCUT2D eigenvalue weighted by molar-refractivity contribution is 7.17. The van der Waals surface area contributed by atoms with Gasteiger partial charge in [-0.1, -0.05) is 0 Å². The van der Waals surface area contributed by atoms with E-state index in [1.54, 1.807) is 11.3 Å². The average molecular weight is 368 g/mol. The van der Waals surface area contributed by atoms with E-state index in [1.807, 2.05) is 24.4 Å². The van der Waals surface area contributed by atoms with E-state index in [0.29, 0.717) is 12.0 Å². The Morgan fingerprint density at radius 1 is 1.12 bits per heavy atom. The molecule has 3 aromatic heterocycles. The molecular weight excluding hydrogens is 348 g/mol. The molecule has 0 atom stereocenters. The van der Waals surface area contributed by atoms with Crippen LogP contribution < -0.4 is 15.5 Å². The van der Waals surface area contributed by atoms with E-state index in [2.05, 4.69) is 35.9 Å². The lowest BCUT2D eigenvalue weighted by atomic mass is 10.3. The van der Waals surface area contributed by atoms with Crippen molar-refractivity contribution in [3.8, 4) is 0 Å². The molecular formula is C18H20N6OS. The highest BCUT2D eigenvalue weighted by Gasteiger charge is 2.23. The van der Waals surface area contributed by atoms with Crippen molar-refractivity contribution in [2.24, 2.45) is 0 Å². The van der Waals surface area contributed by atoms with Gasteiger partial charge in [-0.3, -0.25) is 0 Å². The zero-order valence-corrected chi connectivity index (χ0v) is 15.1. The summed E-state index contributed by atoms with van der Waals surface area (Å²) >= 11 is 1.67. The number of fused-ring (bicyclic) bond motifs is 1. The number of rotatable bonds is 5. The Morgan fingerprint density at radius 2 is 2.00 bits per heavy atom. The smallest absolute Gasteiger partial charge is 0.229 e. The van der Waals surface area contributed by atoms with Crippen LogP contribution in [0.5, 0.6) is 0 Å². The van der Waals surface area contributed by atoms with Crippen LogP contribution in [0.4, 0.5) is 23.3 Å². The number of hydrogen-bond donors (Lipinski definition) is 2. The number of anilines is 4. The first-order valence-electron chi connectivity index (χ1n) is 8.93. The van der Waals surface area contributed by atoms with Crippen LogP contribution in [0.15, 0.2) is 29.8 Å². The predicted molar refractivity (Wildman–Crippen MR) is 105 cm³/mol. The summed E-state index contributed by atoms with van der Waals surface area (Å²) in [6, 6.07) is 6.63. The summed E-state index contributed by atoms with van der Waals surface area (Å²) < 4.78 is 6.51. The summed E-state index contributed by atoms with van der Waals surface area (Å²) in [5.74, 6) is 2.50. The summed E-state index contributed by atoms with van der Waals surface area (Å²) in [7, 11) is 0. The standard InChI is InChI=1S/C18H20N6OS/c1-2-12(1)20-17-16-14(5-10-26-16)22-18(23-17)21-13-3-4-15(19-11-13)24-6-8-25-9-7-24/h3-5,10-12H,1-2,6-9H2,(H2,20,21,22,23). The Morgan fingerprint density at radius 3 is 2.77 bits per heavy atom. The number of nitrogens with zero attached hydrogens (tertiary/aromatic N) is 4. The van der Waals surface area contributed by atoms with Gasteiger partial charge in [0, 0.05) is 19.1 Å². The van der Waals surface area contributed by atoms with Crippen LogP contribution in [0.2, 0.25) is 0 Å². The summed E-state index contributed by atoms with van der Waals surface area (Å²) in [6.45, 7) is 3.28. The predicted octanol–water partition coefficient (Wildman–Crippen LogP) is 3.24. The van der Waals surface area contributed by atoms with Crippen molar-refractivity contribution in [3.63, 3.8) is 0 Å². The second-order valence-electron chi connectivity index (χ2n) is 6.58. The minimum atomic E-state index is 0.553. The molecule has 7 nitrogen and oxygen atoms in total. The number of morpholine rings is 1. The Bertz CT molecular complexity index is 902. The van der Waals surface area contributed by atoms with Crippen molar-refractivity contribution in [2.75, 3.05) is 41.8 Å². The highest BCUT2D eigenvalue weighted by atomic mass is 32.1. The van der Waals surface area contributed by atoms with Gasteiger partial charge < -0.3 is 20.3 Å². The molecule has 26 heavy (non-hydrogen) atoms. The third kappa shape index (κ3) is 3.30. The minimum absolute atomic E-state index is 0.553. The van der Waals surface area contributed by atoms with E-state index in [-0.39, 0.29) is 0 Å². The van der Waals surface area contributed by atoms with E-state index in [4.69, 9.17) is 4.74 Å².